The van der Waals surface area contributed by atoms with Crippen molar-refractivity contribution < 1.29 is 0 Å². The van der Waals surface area contributed by atoms with Crippen molar-refractivity contribution in [2.45, 2.75) is 44.6 Å². The summed E-state index contributed by atoms with van der Waals surface area (Å²) < 4.78 is 2.18. The zero-order valence-corrected chi connectivity index (χ0v) is 12.0. The molecule has 0 aliphatic heterocycles. The summed E-state index contributed by atoms with van der Waals surface area (Å²) in [5.41, 5.74) is 3.24. The molecule has 0 saturated heterocycles. The monoisotopic (exact) mass is 262 g/mol. The topological polar surface area (TPSA) is 43.6 Å². The lowest BCUT2D eigenvalue weighted by Gasteiger charge is -2.11. The van der Waals surface area contributed by atoms with Crippen molar-refractivity contribution in [2.75, 3.05) is 0 Å². The average molecular weight is 262 g/mol. The molecule has 4 nitrogen and oxygen atoms in total. The average Bonchev–Trinajstić information content (AvgIpc) is 2.73. The highest BCUT2D eigenvalue weighted by molar-refractivity contribution is 7.98. The van der Waals surface area contributed by atoms with Crippen LogP contribution in [0.2, 0.25) is 0 Å². The van der Waals surface area contributed by atoms with Gasteiger partial charge in [0.15, 0.2) is 5.16 Å². The van der Waals surface area contributed by atoms with Crippen LogP contribution in [0, 0.1) is 13.8 Å². The molecule has 2 aromatic rings. The van der Waals surface area contributed by atoms with E-state index in [1.807, 2.05) is 32.4 Å². The second-order valence-corrected chi connectivity index (χ2v) is 5.55. The lowest BCUT2D eigenvalue weighted by Crippen LogP contribution is -2.03. The lowest BCUT2D eigenvalue weighted by molar-refractivity contribution is 0.583. The van der Waals surface area contributed by atoms with Crippen molar-refractivity contribution in [3.8, 4) is 0 Å². The smallest absolute Gasteiger partial charge is 0.188 e. The summed E-state index contributed by atoms with van der Waals surface area (Å²) in [7, 11) is 0. The summed E-state index contributed by atoms with van der Waals surface area (Å²) in [4.78, 5) is 13.1. The minimum Gasteiger partial charge on any atom is -0.331 e. The highest BCUT2D eigenvalue weighted by Gasteiger charge is 2.07. The van der Waals surface area contributed by atoms with Crippen molar-refractivity contribution in [3.05, 3.63) is 35.7 Å². The molecule has 2 aromatic heterocycles. The molecule has 0 bridgehead atoms. The van der Waals surface area contributed by atoms with Crippen LogP contribution in [0.25, 0.3) is 0 Å². The molecule has 2 heterocycles. The second-order valence-electron chi connectivity index (χ2n) is 4.61. The van der Waals surface area contributed by atoms with Gasteiger partial charge < -0.3 is 4.57 Å². The second kappa shape index (κ2) is 5.52. The molecule has 0 saturated carbocycles. The van der Waals surface area contributed by atoms with E-state index in [9.17, 15) is 0 Å². The maximum absolute atomic E-state index is 4.43. The number of rotatable bonds is 4. The maximum atomic E-state index is 4.43. The van der Waals surface area contributed by atoms with Crippen LogP contribution in [0.1, 0.15) is 37.0 Å². The minimum absolute atomic E-state index is 0.434. The molecule has 0 amide bonds. The third-order valence-corrected chi connectivity index (χ3v) is 3.49. The van der Waals surface area contributed by atoms with E-state index >= 15 is 0 Å². The molecule has 0 N–H and O–H groups in total. The van der Waals surface area contributed by atoms with E-state index in [4.69, 9.17) is 0 Å². The molecule has 0 fully saturated rings. The molecule has 0 aliphatic carbocycles. The van der Waals surface area contributed by atoms with Gasteiger partial charge in [0.1, 0.15) is 0 Å². The van der Waals surface area contributed by atoms with Gasteiger partial charge in [-0.15, -0.1) is 0 Å². The molecule has 0 radical (unpaired) electrons. The Morgan fingerprint density at radius 3 is 2.50 bits per heavy atom. The van der Waals surface area contributed by atoms with Crippen LogP contribution in [0.5, 0.6) is 0 Å². The zero-order valence-electron chi connectivity index (χ0n) is 11.2. The van der Waals surface area contributed by atoms with Crippen LogP contribution in [-0.2, 0) is 5.75 Å². The minimum atomic E-state index is 0.434. The number of aryl methyl sites for hydroxylation is 2. The van der Waals surface area contributed by atoms with Crippen molar-refractivity contribution >= 4 is 11.8 Å². The molecule has 0 aliphatic rings. The van der Waals surface area contributed by atoms with E-state index in [0.717, 1.165) is 22.3 Å². The first-order valence-corrected chi connectivity index (χ1v) is 7.00. The summed E-state index contributed by atoms with van der Waals surface area (Å²) in [6.45, 7) is 8.31. The summed E-state index contributed by atoms with van der Waals surface area (Å²) >= 11 is 1.65. The van der Waals surface area contributed by atoms with Crippen LogP contribution in [0.15, 0.2) is 23.7 Å². The van der Waals surface area contributed by atoms with Gasteiger partial charge in [-0.2, -0.15) is 0 Å². The van der Waals surface area contributed by atoms with Gasteiger partial charge in [-0.25, -0.2) is 15.0 Å². The lowest BCUT2D eigenvalue weighted by atomic mass is 10.4. The Labute approximate surface area is 112 Å². The first-order chi connectivity index (χ1) is 8.56. The molecule has 5 heteroatoms. The molecule has 2 rings (SSSR count). The van der Waals surface area contributed by atoms with Crippen LogP contribution >= 0.6 is 11.8 Å². The van der Waals surface area contributed by atoms with Crippen molar-refractivity contribution in [1.29, 1.82) is 0 Å². The van der Waals surface area contributed by atoms with Crippen molar-refractivity contribution in [1.82, 2.24) is 19.5 Å². The van der Waals surface area contributed by atoms with Crippen molar-refractivity contribution in [3.63, 3.8) is 0 Å². The Hall–Kier alpha value is -1.36. The predicted octanol–water partition coefficient (Wildman–Crippen LogP) is 3.16. The summed E-state index contributed by atoms with van der Waals surface area (Å²) in [5, 5.41) is 0.837. The molecule has 18 heavy (non-hydrogen) atoms. The Bertz CT molecular complexity index is 513. The predicted molar refractivity (Wildman–Crippen MR) is 73.7 cm³/mol. The normalized spacial score (nSPS) is 11.2. The van der Waals surface area contributed by atoms with Gasteiger partial charge in [-0.3, -0.25) is 0 Å². The fraction of sp³-hybridized carbons (Fsp3) is 0.462. The Kier molecular flexibility index (Phi) is 4.01. The van der Waals surface area contributed by atoms with Crippen LogP contribution < -0.4 is 0 Å². The molecule has 0 spiro atoms. The van der Waals surface area contributed by atoms with E-state index in [2.05, 4.69) is 33.4 Å². The third kappa shape index (κ3) is 3.10. The number of imidazole rings is 1. The largest absolute Gasteiger partial charge is 0.331 e. The van der Waals surface area contributed by atoms with Gasteiger partial charge in [0, 0.05) is 35.1 Å². The first kappa shape index (κ1) is 13.1. The molecule has 0 unspecified atom stereocenters. The van der Waals surface area contributed by atoms with E-state index in [1.54, 1.807) is 11.8 Å². The van der Waals surface area contributed by atoms with Crippen LogP contribution in [-0.4, -0.2) is 19.5 Å². The van der Waals surface area contributed by atoms with Gasteiger partial charge in [0.25, 0.3) is 0 Å². The number of thioether (sulfide) groups is 1. The number of nitrogens with zero attached hydrogens (tertiary/aromatic N) is 4. The van der Waals surface area contributed by atoms with Gasteiger partial charge in [0.05, 0.1) is 6.33 Å². The summed E-state index contributed by atoms with van der Waals surface area (Å²) in [6, 6.07) is 2.42. The Balaban J connectivity index is 2.09. The van der Waals surface area contributed by atoms with Crippen molar-refractivity contribution in [2.24, 2.45) is 0 Å². The van der Waals surface area contributed by atoms with Gasteiger partial charge in [-0.05, 0) is 33.8 Å². The van der Waals surface area contributed by atoms with E-state index < -0.39 is 0 Å². The number of aromatic nitrogens is 4. The quantitative estimate of drug-likeness (QED) is 0.627. The SMILES string of the molecule is Cc1cc(C)nc(SCc2cncn2C(C)C)n1. The number of hydrogen-bond acceptors (Lipinski definition) is 4. The number of hydrogen-bond donors (Lipinski definition) is 0. The van der Waals surface area contributed by atoms with E-state index in [-0.39, 0.29) is 0 Å². The van der Waals surface area contributed by atoms with Gasteiger partial charge in [-0.1, -0.05) is 11.8 Å². The highest BCUT2D eigenvalue weighted by Crippen LogP contribution is 2.21. The molecule has 0 aromatic carbocycles. The fourth-order valence-corrected chi connectivity index (χ4v) is 2.72. The summed E-state index contributed by atoms with van der Waals surface area (Å²) in [6.07, 6.45) is 3.79. The summed E-state index contributed by atoms with van der Waals surface area (Å²) in [5.74, 6) is 0.848. The molecule has 0 atom stereocenters. The highest BCUT2D eigenvalue weighted by atomic mass is 32.2. The zero-order chi connectivity index (χ0) is 13.1. The molecular weight excluding hydrogens is 244 g/mol. The fourth-order valence-electron chi connectivity index (χ4n) is 1.81. The third-order valence-electron chi connectivity index (χ3n) is 2.61. The van der Waals surface area contributed by atoms with Crippen LogP contribution in [0.3, 0.4) is 0 Å². The van der Waals surface area contributed by atoms with Gasteiger partial charge in [0.2, 0.25) is 0 Å². The van der Waals surface area contributed by atoms with E-state index in [1.165, 1.54) is 5.69 Å². The standard InChI is InChI=1S/C13H18N4S/c1-9(2)17-8-14-6-12(17)7-18-13-15-10(3)5-11(4)16-13/h5-6,8-9H,7H2,1-4H3. The molecular formula is C13H18N4S. The maximum Gasteiger partial charge on any atom is 0.188 e. The van der Waals surface area contributed by atoms with E-state index in [0.29, 0.717) is 6.04 Å². The van der Waals surface area contributed by atoms with Gasteiger partial charge >= 0.3 is 0 Å². The molecule has 96 valence electrons. The first-order valence-electron chi connectivity index (χ1n) is 6.02. The Morgan fingerprint density at radius 2 is 1.89 bits per heavy atom. The van der Waals surface area contributed by atoms with Crippen LogP contribution in [0.4, 0.5) is 0 Å². The Morgan fingerprint density at radius 1 is 1.22 bits per heavy atom.